The molecule has 0 radical (unpaired) electrons. The summed E-state index contributed by atoms with van der Waals surface area (Å²) in [6, 6.07) is 7.24. The number of ether oxygens (including phenoxy) is 4. The van der Waals surface area contributed by atoms with Crippen LogP contribution in [0.15, 0.2) is 24.3 Å². The van der Waals surface area contributed by atoms with Gasteiger partial charge in [-0.1, -0.05) is 12.1 Å². The molecule has 0 aromatic heterocycles. The summed E-state index contributed by atoms with van der Waals surface area (Å²) in [7, 11) is 0. The molecule has 1 aromatic rings. The van der Waals surface area contributed by atoms with Crippen molar-refractivity contribution in [3.05, 3.63) is 29.8 Å². The summed E-state index contributed by atoms with van der Waals surface area (Å²) in [6.07, 6.45) is 0.519. The van der Waals surface area contributed by atoms with Gasteiger partial charge in [-0.3, -0.25) is 29.0 Å². The molecule has 286 valence electrons. The van der Waals surface area contributed by atoms with Crippen LogP contribution in [0.5, 0.6) is 0 Å². The molecule has 0 aliphatic carbocycles. The first-order chi connectivity index (χ1) is 22.8. The molecule has 0 bridgehead atoms. The zero-order chi connectivity index (χ0) is 38.3. The molecular weight excluding hydrogens is 642 g/mol. The van der Waals surface area contributed by atoms with E-state index >= 15 is 0 Å². The minimum absolute atomic E-state index is 0.00820. The largest absolute Gasteiger partial charge is 0.459 e. The second kappa shape index (κ2) is 20.0. The van der Waals surface area contributed by atoms with Gasteiger partial charge in [-0.05, 0) is 107 Å². The van der Waals surface area contributed by atoms with E-state index in [1.165, 1.54) is 0 Å². The van der Waals surface area contributed by atoms with Gasteiger partial charge in [0.15, 0.2) is 0 Å². The highest BCUT2D eigenvalue weighted by atomic mass is 16.6. The van der Waals surface area contributed by atoms with Crippen molar-refractivity contribution in [2.45, 2.75) is 118 Å². The number of hydrogen-bond donors (Lipinski definition) is 3. The van der Waals surface area contributed by atoms with Crippen LogP contribution in [0.4, 0.5) is 5.69 Å². The first-order valence-corrected chi connectivity index (χ1v) is 17.4. The summed E-state index contributed by atoms with van der Waals surface area (Å²) < 4.78 is 22.2. The van der Waals surface area contributed by atoms with Crippen molar-refractivity contribution in [2.24, 2.45) is 0 Å². The zero-order valence-electron chi connectivity index (χ0n) is 32.7. The van der Waals surface area contributed by atoms with Crippen molar-refractivity contribution in [3.8, 4) is 0 Å². The maximum Gasteiger partial charge on any atom is 0.320 e. The number of carbonyl (C=O) groups is 4. The van der Waals surface area contributed by atoms with Gasteiger partial charge < -0.3 is 35.3 Å². The first kappa shape index (κ1) is 44.8. The van der Waals surface area contributed by atoms with Gasteiger partial charge in [0, 0.05) is 44.5 Å². The third kappa shape index (κ3) is 23.2. The number of benzene rings is 1. The van der Waals surface area contributed by atoms with Crippen molar-refractivity contribution in [3.63, 3.8) is 0 Å². The fraction of sp³-hybridized carbons (Fsp3) is 0.730. The first-order valence-electron chi connectivity index (χ1n) is 17.4. The molecule has 13 heteroatoms. The lowest BCUT2D eigenvalue weighted by molar-refractivity contribution is -0.159. The number of nitrogen functional groups attached to an aromatic ring is 1. The van der Waals surface area contributed by atoms with Crippen LogP contribution in [0.1, 0.15) is 88.6 Å². The van der Waals surface area contributed by atoms with E-state index in [9.17, 15) is 19.2 Å². The van der Waals surface area contributed by atoms with Gasteiger partial charge in [0.05, 0.1) is 26.2 Å². The lowest BCUT2D eigenvalue weighted by atomic mass is 10.0. The number of rotatable bonds is 19. The Morgan fingerprint density at radius 3 is 1.46 bits per heavy atom. The SMILES string of the molecule is CC(C)(C)OC(=O)CNCCN(CC(=O)OC(C)(C)C)CC(Cc1ccc(N)cc1)N(CCNCC(=O)OC(C)(C)C)CC(=O)OC(C)(C)C. The van der Waals surface area contributed by atoms with E-state index < -0.39 is 34.3 Å². The van der Waals surface area contributed by atoms with Crippen molar-refractivity contribution in [2.75, 3.05) is 64.6 Å². The molecule has 0 amide bonds. The maximum atomic E-state index is 13.2. The molecular formula is C37H65N5O8. The molecule has 0 fully saturated rings. The van der Waals surface area contributed by atoms with Gasteiger partial charge in [0.2, 0.25) is 0 Å². The highest BCUT2D eigenvalue weighted by molar-refractivity contribution is 5.73. The maximum absolute atomic E-state index is 13.2. The van der Waals surface area contributed by atoms with Gasteiger partial charge >= 0.3 is 23.9 Å². The van der Waals surface area contributed by atoms with E-state index in [0.717, 1.165) is 5.56 Å². The minimum Gasteiger partial charge on any atom is -0.459 e. The predicted molar refractivity (Wildman–Crippen MR) is 195 cm³/mol. The highest BCUT2D eigenvalue weighted by Crippen LogP contribution is 2.16. The lowest BCUT2D eigenvalue weighted by Gasteiger charge is -2.36. The topological polar surface area (TPSA) is 162 Å². The Hall–Kier alpha value is -3.26. The van der Waals surface area contributed by atoms with Gasteiger partial charge in [0.1, 0.15) is 22.4 Å². The van der Waals surface area contributed by atoms with Crippen LogP contribution in [0.25, 0.3) is 0 Å². The monoisotopic (exact) mass is 707 g/mol. The van der Waals surface area contributed by atoms with E-state index in [-0.39, 0.29) is 44.2 Å². The number of hydrogen-bond acceptors (Lipinski definition) is 13. The number of nitrogens with zero attached hydrogens (tertiary/aromatic N) is 2. The van der Waals surface area contributed by atoms with Crippen LogP contribution < -0.4 is 16.4 Å². The quantitative estimate of drug-likeness (QED) is 0.0832. The van der Waals surface area contributed by atoms with E-state index in [4.69, 9.17) is 24.7 Å². The number of nitrogens with two attached hydrogens (primary N) is 1. The third-order valence-corrected chi connectivity index (χ3v) is 6.52. The van der Waals surface area contributed by atoms with E-state index in [1.54, 1.807) is 0 Å². The van der Waals surface area contributed by atoms with Crippen molar-refractivity contribution in [1.82, 2.24) is 20.4 Å². The highest BCUT2D eigenvalue weighted by Gasteiger charge is 2.28. The van der Waals surface area contributed by atoms with E-state index in [2.05, 4.69) is 10.6 Å². The van der Waals surface area contributed by atoms with Crippen molar-refractivity contribution < 1.29 is 38.1 Å². The summed E-state index contributed by atoms with van der Waals surface area (Å²) in [5, 5.41) is 6.26. The lowest BCUT2D eigenvalue weighted by Crippen LogP contribution is -2.52. The average molecular weight is 708 g/mol. The fourth-order valence-corrected chi connectivity index (χ4v) is 4.85. The molecule has 0 saturated heterocycles. The summed E-state index contributed by atoms with van der Waals surface area (Å²) in [6.45, 7) is 23.7. The number of carbonyl (C=O) groups excluding carboxylic acids is 4. The minimum atomic E-state index is -0.688. The number of anilines is 1. The van der Waals surface area contributed by atoms with Gasteiger partial charge in [-0.2, -0.15) is 0 Å². The second-order valence-corrected chi connectivity index (χ2v) is 16.5. The average Bonchev–Trinajstić information content (AvgIpc) is 2.89. The van der Waals surface area contributed by atoms with Crippen LogP contribution in [0.3, 0.4) is 0 Å². The Bertz CT molecular complexity index is 1210. The van der Waals surface area contributed by atoms with E-state index in [1.807, 2.05) is 117 Å². The normalized spacial score (nSPS) is 13.2. The van der Waals surface area contributed by atoms with Crippen molar-refractivity contribution in [1.29, 1.82) is 0 Å². The second-order valence-electron chi connectivity index (χ2n) is 16.5. The van der Waals surface area contributed by atoms with Crippen molar-refractivity contribution >= 4 is 29.6 Å². The summed E-state index contributed by atoms with van der Waals surface area (Å²) in [5.41, 5.74) is 5.02. The molecule has 1 aromatic carbocycles. The zero-order valence-corrected chi connectivity index (χ0v) is 32.7. The molecule has 13 nitrogen and oxygen atoms in total. The Balaban J connectivity index is 3.35. The summed E-state index contributed by atoms with van der Waals surface area (Å²) >= 11 is 0. The standard InChI is InChI=1S/C37H65N5O8/c1-34(2,3)47-30(43)22-39-17-19-41(25-32(45)49-36(7,8)9)24-29(21-27-13-15-28(38)16-14-27)42(26-33(46)50-37(10,11)12)20-18-40-23-31(44)48-35(4,5)6/h13-16,29,39-40H,17-26,38H2,1-12H3. The number of nitrogens with one attached hydrogen (secondary N) is 2. The molecule has 0 spiro atoms. The van der Waals surface area contributed by atoms with E-state index in [0.29, 0.717) is 44.8 Å². The molecule has 1 rings (SSSR count). The Kier molecular flexibility index (Phi) is 17.9. The molecule has 0 aliphatic heterocycles. The molecule has 50 heavy (non-hydrogen) atoms. The third-order valence-electron chi connectivity index (χ3n) is 6.52. The Labute approximate surface area is 300 Å². The Morgan fingerprint density at radius 1 is 0.620 bits per heavy atom. The molecule has 4 N–H and O–H groups in total. The summed E-state index contributed by atoms with van der Waals surface area (Å²) in [4.78, 5) is 55.0. The number of esters is 4. The smallest absolute Gasteiger partial charge is 0.320 e. The Morgan fingerprint density at radius 2 is 1.02 bits per heavy atom. The van der Waals surface area contributed by atoms with Crippen LogP contribution in [0, 0.1) is 0 Å². The van der Waals surface area contributed by atoms with Crippen LogP contribution in [0.2, 0.25) is 0 Å². The van der Waals surface area contributed by atoms with Gasteiger partial charge in [-0.25, -0.2) is 0 Å². The van der Waals surface area contributed by atoms with Crippen LogP contribution in [-0.4, -0.2) is 121 Å². The van der Waals surface area contributed by atoms with Crippen LogP contribution >= 0.6 is 0 Å². The molecule has 0 saturated carbocycles. The van der Waals surface area contributed by atoms with Gasteiger partial charge in [-0.15, -0.1) is 0 Å². The predicted octanol–water partition coefficient (Wildman–Crippen LogP) is 3.33. The molecule has 1 unspecified atom stereocenters. The molecule has 1 atom stereocenters. The van der Waals surface area contributed by atoms with Crippen LogP contribution in [-0.2, 0) is 44.5 Å². The fourth-order valence-electron chi connectivity index (χ4n) is 4.85. The van der Waals surface area contributed by atoms with Gasteiger partial charge in [0.25, 0.3) is 0 Å². The molecule has 0 aliphatic rings. The summed E-state index contributed by atoms with van der Waals surface area (Å²) in [5.74, 6) is -1.55. The molecule has 0 heterocycles.